The van der Waals surface area contributed by atoms with Crippen molar-refractivity contribution in [3.05, 3.63) is 71.9 Å². The molecule has 172 valence electrons. The summed E-state index contributed by atoms with van der Waals surface area (Å²) in [6.07, 6.45) is 6.23. The van der Waals surface area contributed by atoms with Gasteiger partial charge < -0.3 is 9.64 Å². The van der Waals surface area contributed by atoms with Crippen LogP contribution in [0.25, 0.3) is 16.5 Å². The van der Waals surface area contributed by atoms with Crippen LogP contribution < -0.4 is 4.74 Å². The Bertz CT molecular complexity index is 1280. The van der Waals surface area contributed by atoms with Gasteiger partial charge in [0.25, 0.3) is 0 Å². The molecule has 4 heterocycles. The lowest BCUT2D eigenvalue weighted by molar-refractivity contribution is -0.132. The minimum atomic E-state index is 0.190. The highest BCUT2D eigenvalue weighted by molar-refractivity contribution is 5.89. The van der Waals surface area contributed by atoms with E-state index in [1.807, 2.05) is 41.4 Å². The summed E-state index contributed by atoms with van der Waals surface area (Å²) in [6.45, 7) is 4.94. The Hall–Kier alpha value is -3.51. The standard InChI is InChI=1S/C28H28N4O2/c1-19(33)31-17-24-6-7-25(18-31)32(24)16-23-5-2-21-14-27(10-11-28(21)30-23)34-26-8-3-20(4-9-26)22-12-13-29-15-22/h2-5,8-14,24-25H,6-7,15-18H2,1H3. The monoisotopic (exact) mass is 452 g/mol. The van der Waals surface area contributed by atoms with Gasteiger partial charge in [-0.2, -0.15) is 0 Å². The minimum absolute atomic E-state index is 0.190. The number of amides is 1. The predicted molar refractivity (Wildman–Crippen MR) is 134 cm³/mol. The molecule has 6 heteroatoms. The molecule has 2 unspecified atom stereocenters. The van der Waals surface area contributed by atoms with Crippen LogP contribution in [0.4, 0.5) is 0 Å². The molecule has 3 aliphatic rings. The second-order valence-corrected chi connectivity index (χ2v) is 9.45. The highest BCUT2D eigenvalue weighted by atomic mass is 16.5. The number of aromatic nitrogens is 1. The van der Waals surface area contributed by atoms with Gasteiger partial charge in [0.05, 0.1) is 17.8 Å². The number of carbonyl (C=O) groups excluding carboxylic acids is 1. The van der Waals surface area contributed by atoms with E-state index in [1.54, 1.807) is 6.92 Å². The van der Waals surface area contributed by atoms with Crippen LogP contribution in [0.3, 0.4) is 0 Å². The smallest absolute Gasteiger partial charge is 0.219 e. The third-order valence-corrected chi connectivity index (χ3v) is 7.25. The fourth-order valence-electron chi connectivity index (χ4n) is 5.40. The number of hydrogen-bond donors (Lipinski definition) is 0. The Balaban J connectivity index is 1.14. The summed E-state index contributed by atoms with van der Waals surface area (Å²) in [5.41, 5.74) is 4.46. The second kappa shape index (κ2) is 8.69. The van der Waals surface area contributed by atoms with Gasteiger partial charge >= 0.3 is 0 Å². The Morgan fingerprint density at radius 3 is 2.47 bits per heavy atom. The van der Waals surface area contributed by atoms with Gasteiger partial charge in [0, 0.05) is 50.2 Å². The number of aliphatic imine (C=N–C) groups is 1. The summed E-state index contributed by atoms with van der Waals surface area (Å²) in [4.78, 5) is 25.5. The van der Waals surface area contributed by atoms with Crippen molar-refractivity contribution in [3.8, 4) is 11.5 Å². The maximum atomic E-state index is 11.8. The van der Waals surface area contributed by atoms with Gasteiger partial charge in [-0.1, -0.05) is 18.2 Å². The molecule has 3 aromatic rings. The number of allylic oxidation sites excluding steroid dienone is 1. The number of likely N-dealkylation sites (tertiary alicyclic amines) is 1. The van der Waals surface area contributed by atoms with Crippen LogP contribution >= 0.6 is 0 Å². The van der Waals surface area contributed by atoms with Gasteiger partial charge in [-0.15, -0.1) is 0 Å². The van der Waals surface area contributed by atoms with Gasteiger partial charge in [-0.3, -0.25) is 19.7 Å². The summed E-state index contributed by atoms with van der Waals surface area (Å²) in [7, 11) is 0. The highest BCUT2D eigenvalue weighted by Gasteiger charge is 2.40. The molecule has 0 spiro atoms. The van der Waals surface area contributed by atoms with Crippen molar-refractivity contribution < 1.29 is 9.53 Å². The average Bonchev–Trinajstić information content (AvgIpc) is 3.45. The molecule has 6 nitrogen and oxygen atoms in total. The molecule has 2 bridgehead atoms. The average molecular weight is 453 g/mol. The molecule has 6 rings (SSSR count). The van der Waals surface area contributed by atoms with Crippen molar-refractivity contribution >= 4 is 28.6 Å². The van der Waals surface area contributed by atoms with E-state index in [4.69, 9.17) is 9.72 Å². The van der Waals surface area contributed by atoms with Crippen LogP contribution in [0.15, 0.2) is 65.7 Å². The first-order valence-corrected chi connectivity index (χ1v) is 12.0. The number of benzene rings is 2. The van der Waals surface area contributed by atoms with Crippen LogP contribution in [-0.4, -0.2) is 58.6 Å². The lowest BCUT2D eigenvalue weighted by Crippen LogP contribution is -2.54. The molecule has 2 aromatic carbocycles. The highest BCUT2D eigenvalue weighted by Crippen LogP contribution is 2.32. The van der Waals surface area contributed by atoms with Crippen molar-refractivity contribution in [2.75, 3.05) is 19.6 Å². The number of fused-ring (bicyclic) bond motifs is 3. The van der Waals surface area contributed by atoms with Crippen LogP contribution in [-0.2, 0) is 11.3 Å². The fourth-order valence-corrected chi connectivity index (χ4v) is 5.40. The molecule has 3 aliphatic heterocycles. The Morgan fingerprint density at radius 2 is 1.76 bits per heavy atom. The zero-order valence-corrected chi connectivity index (χ0v) is 19.4. The Morgan fingerprint density at radius 1 is 1.00 bits per heavy atom. The van der Waals surface area contributed by atoms with E-state index in [9.17, 15) is 4.79 Å². The molecule has 1 aromatic heterocycles. The van der Waals surface area contributed by atoms with Crippen molar-refractivity contribution in [1.29, 1.82) is 0 Å². The van der Waals surface area contributed by atoms with Gasteiger partial charge in [0.2, 0.25) is 5.91 Å². The molecule has 0 aliphatic carbocycles. The number of carbonyl (C=O) groups is 1. The van der Waals surface area contributed by atoms with Crippen LogP contribution in [0.1, 0.15) is 31.0 Å². The Labute approximate surface area is 199 Å². The van der Waals surface area contributed by atoms with Gasteiger partial charge in [0.15, 0.2) is 0 Å². The first-order valence-electron chi connectivity index (χ1n) is 12.0. The number of nitrogens with zero attached hydrogens (tertiary/aromatic N) is 4. The lowest BCUT2D eigenvalue weighted by Gasteiger charge is -2.40. The van der Waals surface area contributed by atoms with Crippen LogP contribution in [0.2, 0.25) is 0 Å². The van der Waals surface area contributed by atoms with Crippen molar-refractivity contribution in [3.63, 3.8) is 0 Å². The third-order valence-electron chi connectivity index (χ3n) is 7.25. The molecular formula is C28H28N4O2. The molecule has 2 fully saturated rings. The van der Waals surface area contributed by atoms with E-state index < -0.39 is 0 Å². The van der Waals surface area contributed by atoms with E-state index in [0.717, 1.165) is 67.1 Å². The number of ether oxygens (including phenoxy) is 1. The fraction of sp³-hybridized carbons (Fsp3) is 0.321. The van der Waals surface area contributed by atoms with E-state index in [0.29, 0.717) is 12.1 Å². The van der Waals surface area contributed by atoms with Gasteiger partial charge in [-0.05, 0) is 66.5 Å². The van der Waals surface area contributed by atoms with E-state index in [1.165, 1.54) is 11.1 Å². The van der Waals surface area contributed by atoms with Gasteiger partial charge in [-0.25, -0.2) is 0 Å². The largest absolute Gasteiger partial charge is 0.457 e. The minimum Gasteiger partial charge on any atom is -0.457 e. The van der Waals surface area contributed by atoms with Crippen molar-refractivity contribution in [2.24, 2.45) is 4.99 Å². The maximum Gasteiger partial charge on any atom is 0.219 e. The second-order valence-electron chi connectivity index (χ2n) is 9.45. The van der Waals surface area contributed by atoms with Gasteiger partial charge in [0.1, 0.15) is 11.5 Å². The number of pyridine rings is 1. The summed E-state index contributed by atoms with van der Waals surface area (Å²) >= 11 is 0. The molecule has 34 heavy (non-hydrogen) atoms. The summed E-state index contributed by atoms with van der Waals surface area (Å²) in [5.74, 6) is 1.80. The Kier molecular flexibility index (Phi) is 5.38. The summed E-state index contributed by atoms with van der Waals surface area (Å²) in [6, 6.07) is 19.4. The first-order chi connectivity index (χ1) is 16.6. The number of hydrogen-bond acceptors (Lipinski definition) is 5. The van der Waals surface area contributed by atoms with Crippen molar-refractivity contribution in [2.45, 2.75) is 38.4 Å². The molecule has 1 amide bonds. The molecule has 2 saturated heterocycles. The summed E-state index contributed by atoms with van der Waals surface area (Å²) in [5, 5.41) is 1.07. The molecular weight excluding hydrogens is 424 g/mol. The molecule has 0 N–H and O–H groups in total. The normalized spacial score (nSPS) is 21.8. The molecule has 0 saturated carbocycles. The lowest BCUT2D eigenvalue weighted by atomic mass is 10.1. The van der Waals surface area contributed by atoms with Crippen LogP contribution in [0.5, 0.6) is 11.5 Å². The predicted octanol–water partition coefficient (Wildman–Crippen LogP) is 4.69. The zero-order valence-electron chi connectivity index (χ0n) is 19.4. The quantitative estimate of drug-likeness (QED) is 0.564. The van der Waals surface area contributed by atoms with E-state index >= 15 is 0 Å². The number of piperazine rings is 1. The van der Waals surface area contributed by atoms with E-state index in [-0.39, 0.29) is 5.91 Å². The topological polar surface area (TPSA) is 58.0 Å². The van der Waals surface area contributed by atoms with Crippen LogP contribution in [0, 0.1) is 0 Å². The zero-order chi connectivity index (χ0) is 23.1. The maximum absolute atomic E-state index is 11.8. The van der Waals surface area contributed by atoms with Crippen molar-refractivity contribution in [1.82, 2.24) is 14.8 Å². The summed E-state index contributed by atoms with van der Waals surface area (Å²) < 4.78 is 6.10. The first kappa shape index (κ1) is 21.1. The van der Waals surface area contributed by atoms with E-state index in [2.05, 4.69) is 40.2 Å². The third kappa shape index (κ3) is 4.10. The molecule has 2 atom stereocenters. The molecule has 0 radical (unpaired) electrons. The SMILES string of the molecule is CC(=O)N1CC2CCC(C1)N2Cc1ccc2cc(Oc3ccc(C4=CC=NC4)cc3)ccc2n1. The number of rotatable bonds is 5.